The molecule has 0 aromatic carbocycles. The van der Waals surface area contributed by atoms with Gasteiger partial charge in [0.05, 0.1) is 0 Å². The zero-order chi connectivity index (χ0) is 13.2. The van der Waals surface area contributed by atoms with Gasteiger partial charge in [-0.05, 0) is 0 Å². The van der Waals surface area contributed by atoms with Gasteiger partial charge in [0.25, 0.3) is 0 Å². The van der Waals surface area contributed by atoms with E-state index in [0.717, 1.165) is 12.8 Å². The molecule has 0 aliphatic rings. The van der Waals surface area contributed by atoms with E-state index in [-0.39, 0.29) is 8.17 Å². The third-order valence-corrected chi connectivity index (χ3v) is 3.84. The number of hydrogen-bond donors (Lipinski definition) is 3. The van der Waals surface area contributed by atoms with Crippen molar-refractivity contribution in [2.75, 3.05) is 0 Å². The van der Waals surface area contributed by atoms with Gasteiger partial charge in [0.2, 0.25) is 0 Å². The van der Waals surface area contributed by atoms with Crippen LogP contribution >= 0.6 is 7.82 Å². The fourth-order valence-electron chi connectivity index (χ4n) is 0.881. The van der Waals surface area contributed by atoms with Crippen LogP contribution in [-0.4, -0.2) is 56.7 Å². The van der Waals surface area contributed by atoms with Crippen LogP contribution in [0.25, 0.3) is 0 Å². The molecular formula is C8H17CaO6P. The van der Waals surface area contributed by atoms with Crippen molar-refractivity contribution < 1.29 is 28.8 Å². The van der Waals surface area contributed by atoms with Crippen molar-refractivity contribution in [3.05, 3.63) is 12.7 Å². The summed E-state index contributed by atoms with van der Waals surface area (Å²) in [5, 5.41) is 0. The third-order valence-electron chi connectivity index (χ3n) is 1.52. The molecule has 0 fully saturated rings. The number of ether oxygens (including phenoxy) is 1. The fraction of sp³-hybridized carbons (Fsp3) is 0.625. The minimum atomic E-state index is -4.64. The molecule has 16 heavy (non-hydrogen) atoms. The van der Waals surface area contributed by atoms with Crippen molar-refractivity contribution in [3.63, 3.8) is 0 Å². The van der Waals surface area contributed by atoms with Crippen LogP contribution in [0.1, 0.15) is 19.8 Å². The molecule has 0 rings (SSSR count). The van der Waals surface area contributed by atoms with Gasteiger partial charge < -0.3 is 14.7 Å². The molecule has 0 aromatic rings. The normalized spacial score (nSPS) is 11.6. The molecule has 1 unspecified atom stereocenters. The average molecular weight is 280 g/mol. The standard InChI is InChI=1S/C7H11O2.CH3.Ca.H3O4P/c1-3-5-6-9-7(8)4-2;;;1-5(2,3)4/h4,6H,2-3,5H2,1H3;1H3;;(H3,1,2,3,4). The van der Waals surface area contributed by atoms with Gasteiger partial charge in [0.15, 0.2) is 0 Å². The molecule has 0 spiro atoms. The second-order valence-electron chi connectivity index (χ2n) is 2.97. The minimum Gasteiger partial charge on any atom is -0.303 e. The molecule has 0 radical (unpaired) electrons. The first-order chi connectivity index (χ1) is 7.24. The van der Waals surface area contributed by atoms with Crippen molar-refractivity contribution in [2.45, 2.75) is 25.0 Å². The smallest absolute Gasteiger partial charge is 0.303 e. The Morgan fingerprint density at radius 3 is 2.25 bits per heavy atom. The van der Waals surface area contributed by atoms with Gasteiger partial charge in [-0.15, -0.1) is 0 Å². The third kappa shape index (κ3) is 20.1. The quantitative estimate of drug-likeness (QED) is 0.296. The van der Waals surface area contributed by atoms with Crippen LogP contribution in [0.15, 0.2) is 12.7 Å². The van der Waals surface area contributed by atoms with Crippen molar-refractivity contribution in [1.82, 2.24) is 0 Å². The van der Waals surface area contributed by atoms with Crippen LogP contribution in [-0.2, 0) is 14.1 Å². The van der Waals surface area contributed by atoms with Crippen LogP contribution in [0.4, 0.5) is 0 Å². The first-order valence-electron chi connectivity index (χ1n) is 4.85. The Bertz CT molecular complexity index is 243. The van der Waals surface area contributed by atoms with Gasteiger partial charge in [-0.2, -0.15) is 0 Å². The summed E-state index contributed by atoms with van der Waals surface area (Å²) in [5.74, 6) is -0.268. The summed E-state index contributed by atoms with van der Waals surface area (Å²) in [6.07, 6.45) is 3.35. The van der Waals surface area contributed by atoms with E-state index in [1.165, 1.54) is 6.08 Å². The Labute approximate surface area is 113 Å². The molecule has 6 nitrogen and oxygen atoms in total. The van der Waals surface area contributed by atoms with Crippen LogP contribution in [0.5, 0.6) is 0 Å². The maximum atomic E-state index is 10.7. The van der Waals surface area contributed by atoms with Gasteiger partial charge in [0, 0.05) is 0 Å². The Morgan fingerprint density at radius 1 is 1.56 bits per heavy atom. The molecular weight excluding hydrogens is 263 g/mol. The monoisotopic (exact) mass is 280 g/mol. The fourth-order valence-corrected chi connectivity index (χ4v) is 2.67. The summed E-state index contributed by atoms with van der Waals surface area (Å²) in [6, 6.07) is 0. The molecule has 0 saturated carbocycles. The van der Waals surface area contributed by atoms with Gasteiger partial charge in [-0.3, -0.25) is 0 Å². The predicted octanol–water partition coefficient (Wildman–Crippen LogP) is 0.665. The number of hydrogen-bond acceptors (Lipinski definition) is 3. The van der Waals surface area contributed by atoms with E-state index in [1.54, 1.807) is 0 Å². The summed E-state index contributed by atoms with van der Waals surface area (Å²) >= 11 is -0.614. The van der Waals surface area contributed by atoms with E-state index in [1.807, 2.05) is 0 Å². The molecule has 0 saturated heterocycles. The van der Waals surface area contributed by atoms with E-state index in [9.17, 15) is 4.79 Å². The van der Waals surface area contributed by atoms with Gasteiger partial charge in [-0.1, -0.05) is 0 Å². The van der Waals surface area contributed by atoms with Crippen molar-refractivity contribution in [2.24, 2.45) is 0 Å². The summed E-state index contributed by atoms with van der Waals surface area (Å²) in [4.78, 5) is 32.3. The number of carbonyl (C=O) groups excluding carboxylic acids is 1. The minimum absolute atomic E-state index is 0.262. The number of phosphoric acid groups is 1. The molecule has 0 amide bonds. The molecule has 92 valence electrons. The Kier molecular flexibility index (Phi) is 12.7. The summed E-state index contributed by atoms with van der Waals surface area (Å²) in [5.41, 5.74) is 0. The zero-order valence-electron chi connectivity index (χ0n) is 9.50. The Morgan fingerprint density at radius 2 is 2.00 bits per heavy atom. The number of esters is 1. The topological polar surface area (TPSA) is 104 Å². The average Bonchev–Trinajstić information content (AvgIpc) is 2.14. The van der Waals surface area contributed by atoms with E-state index >= 15 is 0 Å². The summed E-state index contributed by atoms with van der Waals surface area (Å²) in [6.45, 7) is 5.46. The molecule has 8 heteroatoms. The SMILES string of the molecule is C=CC(=O)O[CH](CCC)[Ca][CH3].O=P(O)(O)O. The molecule has 0 heterocycles. The van der Waals surface area contributed by atoms with Gasteiger partial charge >= 0.3 is 94.8 Å². The zero-order valence-corrected chi connectivity index (χ0v) is 12.6. The summed E-state index contributed by atoms with van der Waals surface area (Å²) in [7, 11) is -4.64. The molecule has 0 aliphatic heterocycles. The van der Waals surface area contributed by atoms with Crippen LogP contribution in [0, 0.1) is 0 Å². The largest absolute Gasteiger partial charge is 0.466 e. The molecule has 0 bridgehead atoms. The van der Waals surface area contributed by atoms with Crippen LogP contribution in [0.2, 0.25) is 3.02 Å². The maximum Gasteiger partial charge on any atom is 0.466 e. The molecule has 3 N–H and O–H groups in total. The Hall–Kier alpha value is 0.580. The van der Waals surface area contributed by atoms with E-state index in [2.05, 4.69) is 16.5 Å². The number of carbonyl (C=O) groups is 1. The molecule has 0 aliphatic carbocycles. The summed E-state index contributed by atoms with van der Waals surface area (Å²) < 4.78 is 16.5. The Balaban J connectivity index is 0. The first-order valence-corrected chi connectivity index (χ1v) is 9.90. The van der Waals surface area contributed by atoms with Crippen LogP contribution < -0.4 is 0 Å². The molecule has 0 aromatic heterocycles. The second-order valence-corrected chi connectivity index (χ2v) is 6.70. The van der Waals surface area contributed by atoms with Crippen molar-refractivity contribution >= 4 is 47.6 Å². The first kappa shape index (κ1) is 18.9. The maximum absolute atomic E-state index is 10.7. The predicted molar refractivity (Wildman–Crippen MR) is 60.9 cm³/mol. The van der Waals surface area contributed by atoms with Crippen molar-refractivity contribution in [1.29, 1.82) is 0 Å². The second kappa shape index (κ2) is 10.7. The van der Waals surface area contributed by atoms with E-state index in [4.69, 9.17) is 24.0 Å². The van der Waals surface area contributed by atoms with Gasteiger partial charge in [-0.25, -0.2) is 4.57 Å². The van der Waals surface area contributed by atoms with E-state index < -0.39 is 41.7 Å². The van der Waals surface area contributed by atoms with Crippen molar-refractivity contribution in [3.8, 4) is 0 Å². The number of rotatable bonds is 5. The van der Waals surface area contributed by atoms with Crippen LogP contribution in [0.3, 0.4) is 0 Å². The van der Waals surface area contributed by atoms with Gasteiger partial charge in [0.1, 0.15) is 0 Å². The van der Waals surface area contributed by atoms with E-state index in [0.29, 0.717) is 0 Å². The molecule has 1 atom stereocenters.